The highest BCUT2D eigenvalue weighted by Crippen LogP contribution is 2.50. The van der Waals surface area contributed by atoms with Crippen LogP contribution in [0.5, 0.6) is 5.75 Å². The molecule has 2 atom stereocenters. The van der Waals surface area contributed by atoms with Crippen LogP contribution in [0.4, 0.5) is 5.69 Å². The fraction of sp³-hybridized carbons (Fsp3) is 0.206. The first-order valence-electron chi connectivity index (χ1n) is 14.3. The molecule has 0 saturated carbocycles. The first-order valence-corrected chi connectivity index (χ1v) is 15.9. The zero-order valence-electron chi connectivity index (χ0n) is 23.7. The summed E-state index contributed by atoms with van der Waals surface area (Å²) in [5.74, 6) is -0.849. The van der Waals surface area contributed by atoms with Gasteiger partial charge in [-0.05, 0) is 54.6 Å². The van der Waals surface area contributed by atoms with E-state index in [0.29, 0.717) is 41.2 Å². The number of hydrogen-bond donors (Lipinski definition) is 1. The summed E-state index contributed by atoms with van der Waals surface area (Å²) >= 11 is 0. The minimum atomic E-state index is -3.81. The summed E-state index contributed by atoms with van der Waals surface area (Å²) in [6, 6.07) is 30.4. The van der Waals surface area contributed by atoms with Gasteiger partial charge in [-0.15, -0.1) is 0 Å². The predicted molar refractivity (Wildman–Crippen MR) is 165 cm³/mol. The number of aliphatic hydroxyl groups is 1. The van der Waals surface area contributed by atoms with E-state index >= 15 is 0 Å². The summed E-state index contributed by atoms with van der Waals surface area (Å²) in [6.45, 7) is 0.371. The van der Waals surface area contributed by atoms with Gasteiger partial charge >= 0.3 is 0 Å². The third-order valence-electron chi connectivity index (χ3n) is 7.75. The number of fused-ring (bicyclic) bond motifs is 3. The SMILES string of the molecule is O=C(c1ccccc1)N1C(=O)[C@]2(CCS(=O)(=O)c3ccccc3)N=C(c3ccc(OCCCO)cc3)O[C@@H]2c2ccccc21. The molecule has 0 fully saturated rings. The summed E-state index contributed by atoms with van der Waals surface area (Å²) < 4.78 is 38.9. The van der Waals surface area contributed by atoms with Crippen LogP contribution in [0.15, 0.2) is 119 Å². The van der Waals surface area contributed by atoms with Crippen molar-refractivity contribution in [2.45, 2.75) is 29.4 Å². The predicted octanol–water partition coefficient (Wildman–Crippen LogP) is 4.76. The van der Waals surface area contributed by atoms with Crippen LogP contribution >= 0.6 is 0 Å². The number of aliphatic imine (C=N–C) groups is 1. The van der Waals surface area contributed by atoms with E-state index < -0.39 is 39.0 Å². The minimum absolute atomic E-state index is 0.0193. The second-order valence-corrected chi connectivity index (χ2v) is 12.7. The van der Waals surface area contributed by atoms with Crippen molar-refractivity contribution >= 4 is 33.2 Å². The molecular weight excluding hydrogens is 580 g/mol. The monoisotopic (exact) mass is 610 g/mol. The third kappa shape index (κ3) is 5.38. The van der Waals surface area contributed by atoms with Crippen molar-refractivity contribution in [1.29, 1.82) is 0 Å². The van der Waals surface area contributed by atoms with Gasteiger partial charge in [0, 0.05) is 36.1 Å². The molecule has 2 aliphatic rings. The van der Waals surface area contributed by atoms with Gasteiger partial charge in [-0.25, -0.2) is 18.3 Å². The fourth-order valence-electron chi connectivity index (χ4n) is 5.49. The number of hydrogen-bond acceptors (Lipinski definition) is 8. The molecule has 4 aromatic carbocycles. The normalized spacial score (nSPS) is 19.0. The lowest BCUT2D eigenvalue weighted by Crippen LogP contribution is -2.56. The highest BCUT2D eigenvalue weighted by atomic mass is 32.2. The number of benzene rings is 4. The maximum atomic E-state index is 14.6. The maximum absolute atomic E-state index is 14.6. The number of imide groups is 1. The molecule has 0 aliphatic carbocycles. The van der Waals surface area contributed by atoms with Crippen molar-refractivity contribution in [3.63, 3.8) is 0 Å². The first kappa shape index (κ1) is 29.3. The molecule has 10 heteroatoms. The summed E-state index contributed by atoms with van der Waals surface area (Å²) in [7, 11) is -3.81. The number of amides is 2. The van der Waals surface area contributed by atoms with E-state index in [-0.39, 0.29) is 23.8 Å². The summed E-state index contributed by atoms with van der Waals surface area (Å²) in [5.41, 5.74) is 0.0522. The topological polar surface area (TPSA) is 123 Å². The van der Waals surface area contributed by atoms with Gasteiger partial charge in [0.25, 0.3) is 11.8 Å². The lowest BCUT2D eigenvalue weighted by molar-refractivity contribution is -0.126. The average molecular weight is 611 g/mol. The van der Waals surface area contributed by atoms with Crippen LogP contribution in [0.25, 0.3) is 0 Å². The van der Waals surface area contributed by atoms with Gasteiger partial charge in [-0.2, -0.15) is 0 Å². The fourth-order valence-corrected chi connectivity index (χ4v) is 6.88. The number of para-hydroxylation sites is 1. The Morgan fingerprint density at radius 1 is 0.909 bits per heavy atom. The van der Waals surface area contributed by atoms with Gasteiger partial charge in [0.15, 0.2) is 21.5 Å². The highest BCUT2D eigenvalue weighted by molar-refractivity contribution is 7.91. The van der Waals surface area contributed by atoms with Crippen molar-refractivity contribution in [3.05, 3.63) is 126 Å². The number of carbonyl (C=O) groups is 2. The molecule has 4 aromatic rings. The number of rotatable bonds is 10. The van der Waals surface area contributed by atoms with E-state index in [0.717, 1.165) is 4.90 Å². The molecule has 224 valence electrons. The lowest BCUT2D eigenvalue weighted by atomic mass is 9.80. The first-order chi connectivity index (χ1) is 21.3. The summed E-state index contributed by atoms with van der Waals surface area (Å²) in [6.07, 6.45) is -0.688. The quantitative estimate of drug-likeness (QED) is 0.203. The molecule has 6 rings (SSSR count). The van der Waals surface area contributed by atoms with E-state index in [1.807, 2.05) is 0 Å². The smallest absolute Gasteiger partial charge is 0.266 e. The molecule has 0 radical (unpaired) electrons. The number of nitrogens with zero attached hydrogens (tertiary/aromatic N) is 2. The number of ether oxygens (including phenoxy) is 2. The molecule has 0 bridgehead atoms. The maximum Gasteiger partial charge on any atom is 0.266 e. The zero-order chi connectivity index (χ0) is 30.7. The standard InChI is InChI=1S/C34H30N2O7S/c37-21-9-22-42-26-18-16-24(17-19-26)31-35-34(20-23-44(40,41)27-12-5-2-6-13-27)30(43-31)28-14-7-8-15-29(28)36(33(34)39)32(38)25-10-3-1-4-11-25/h1-8,10-19,30,37H,9,20-23H2/t30-,34-/m1/s1. The van der Waals surface area contributed by atoms with Gasteiger partial charge in [0.2, 0.25) is 5.90 Å². The second kappa shape index (κ2) is 12.1. The molecule has 2 heterocycles. The molecule has 44 heavy (non-hydrogen) atoms. The average Bonchev–Trinajstić information content (AvgIpc) is 3.47. The number of anilines is 1. The molecule has 0 saturated heterocycles. The van der Waals surface area contributed by atoms with Crippen LogP contribution in [-0.2, 0) is 19.4 Å². The Morgan fingerprint density at radius 3 is 2.27 bits per heavy atom. The molecule has 2 aliphatic heterocycles. The van der Waals surface area contributed by atoms with Crippen molar-refractivity contribution in [2.24, 2.45) is 4.99 Å². The largest absolute Gasteiger partial charge is 0.494 e. The third-order valence-corrected chi connectivity index (χ3v) is 9.48. The van der Waals surface area contributed by atoms with Gasteiger partial charge in [0.05, 0.1) is 22.9 Å². The van der Waals surface area contributed by atoms with E-state index in [1.165, 1.54) is 12.1 Å². The second-order valence-electron chi connectivity index (χ2n) is 10.5. The van der Waals surface area contributed by atoms with Crippen LogP contribution in [0.1, 0.15) is 40.4 Å². The Labute approximate surface area is 255 Å². The number of sulfone groups is 1. The minimum Gasteiger partial charge on any atom is -0.494 e. The molecule has 1 N–H and O–H groups in total. The van der Waals surface area contributed by atoms with Crippen LogP contribution in [-0.4, -0.2) is 55.7 Å². The summed E-state index contributed by atoms with van der Waals surface area (Å²) in [4.78, 5) is 34.6. The van der Waals surface area contributed by atoms with E-state index in [1.54, 1.807) is 97.1 Å². The van der Waals surface area contributed by atoms with Gasteiger partial charge in [-0.3, -0.25) is 9.59 Å². The highest BCUT2D eigenvalue weighted by Gasteiger charge is 2.60. The Balaban J connectivity index is 1.44. The Bertz CT molecular complexity index is 1810. The van der Waals surface area contributed by atoms with Gasteiger partial charge in [0.1, 0.15) is 5.75 Å². The molecule has 2 amide bonds. The Morgan fingerprint density at radius 2 is 1.57 bits per heavy atom. The van der Waals surface area contributed by atoms with Crippen molar-refractivity contribution in [3.8, 4) is 5.75 Å². The van der Waals surface area contributed by atoms with Crippen molar-refractivity contribution in [1.82, 2.24) is 0 Å². The Kier molecular flexibility index (Phi) is 8.03. The molecular formula is C34H30N2O7S. The number of carbonyl (C=O) groups excluding carboxylic acids is 2. The van der Waals surface area contributed by atoms with Crippen LogP contribution < -0.4 is 9.64 Å². The van der Waals surface area contributed by atoms with Gasteiger partial charge in [-0.1, -0.05) is 54.6 Å². The van der Waals surface area contributed by atoms with E-state index in [9.17, 15) is 18.0 Å². The molecule has 0 unspecified atom stereocenters. The van der Waals surface area contributed by atoms with Crippen LogP contribution in [0, 0.1) is 0 Å². The molecule has 0 aromatic heterocycles. The lowest BCUT2D eigenvalue weighted by Gasteiger charge is -2.40. The molecule has 0 spiro atoms. The molecule has 9 nitrogen and oxygen atoms in total. The van der Waals surface area contributed by atoms with E-state index in [4.69, 9.17) is 19.6 Å². The van der Waals surface area contributed by atoms with Crippen molar-refractivity contribution in [2.75, 3.05) is 23.9 Å². The zero-order valence-corrected chi connectivity index (χ0v) is 24.5. The Hall–Kier alpha value is -4.80. The summed E-state index contributed by atoms with van der Waals surface area (Å²) in [5, 5.41) is 9.02. The van der Waals surface area contributed by atoms with Crippen molar-refractivity contribution < 1.29 is 32.6 Å². The van der Waals surface area contributed by atoms with Gasteiger partial charge < -0.3 is 14.6 Å². The number of aliphatic hydroxyl groups excluding tert-OH is 1. The van der Waals surface area contributed by atoms with Crippen LogP contribution in [0.2, 0.25) is 0 Å². The van der Waals surface area contributed by atoms with E-state index in [2.05, 4.69) is 0 Å². The van der Waals surface area contributed by atoms with Crippen LogP contribution in [0.3, 0.4) is 0 Å².